The Hall–Kier alpha value is -1.30. The summed E-state index contributed by atoms with van der Waals surface area (Å²) < 4.78 is 18.9. The summed E-state index contributed by atoms with van der Waals surface area (Å²) in [5.74, 6) is -0.573. The predicted molar refractivity (Wildman–Crippen MR) is 48.3 cm³/mol. The summed E-state index contributed by atoms with van der Waals surface area (Å²) in [6.45, 7) is 2.12. The largest absolute Gasteiger partial charge is 0.509 e. The summed E-state index contributed by atoms with van der Waals surface area (Å²) in [6, 6.07) is 0. The first-order valence-corrected chi connectivity index (χ1v) is 4.60. The first kappa shape index (κ1) is 11.8. The quantitative estimate of drug-likeness (QED) is 0.505. The van der Waals surface area contributed by atoms with Gasteiger partial charge >= 0.3 is 12.1 Å². The Bertz CT molecular complexity index is 251. The van der Waals surface area contributed by atoms with Gasteiger partial charge < -0.3 is 18.9 Å². The molecule has 0 bridgehead atoms. The van der Waals surface area contributed by atoms with Crippen molar-refractivity contribution in [3.63, 3.8) is 0 Å². The molecule has 1 rings (SSSR count). The molecule has 0 radical (unpaired) electrons. The molecule has 1 atom stereocenters. The number of methoxy groups -OCH3 is 1. The fourth-order valence-electron chi connectivity index (χ4n) is 1.11. The SMILES string of the molecule is COCCOC(=O)C1(C)CCOC(=O)O1. The zero-order chi connectivity index (χ0) is 11.3. The van der Waals surface area contributed by atoms with Gasteiger partial charge in [0.25, 0.3) is 0 Å². The molecule has 0 amide bonds. The molecule has 1 unspecified atom stereocenters. The lowest BCUT2D eigenvalue weighted by Gasteiger charge is -2.30. The van der Waals surface area contributed by atoms with E-state index in [-0.39, 0.29) is 13.2 Å². The van der Waals surface area contributed by atoms with E-state index >= 15 is 0 Å². The van der Waals surface area contributed by atoms with E-state index in [0.717, 1.165) is 0 Å². The minimum atomic E-state index is -1.23. The number of carbonyl (C=O) groups excluding carboxylic acids is 2. The van der Waals surface area contributed by atoms with Gasteiger partial charge in [-0.05, 0) is 6.92 Å². The lowest BCUT2D eigenvalue weighted by atomic mass is 10.0. The van der Waals surface area contributed by atoms with Crippen LogP contribution in [-0.4, -0.2) is 44.7 Å². The van der Waals surface area contributed by atoms with Crippen LogP contribution in [0.4, 0.5) is 4.79 Å². The molecular weight excluding hydrogens is 204 g/mol. The summed E-state index contributed by atoms with van der Waals surface area (Å²) >= 11 is 0. The average molecular weight is 218 g/mol. The van der Waals surface area contributed by atoms with Gasteiger partial charge in [0.1, 0.15) is 6.61 Å². The highest BCUT2D eigenvalue weighted by Gasteiger charge is 2.42. The van der Waals surface area contributed by atoms with Gasteiger partial charge in [-0.1, -0.05) is 0 Å². The molecule has 1 aliphatic heterocycles. The zero-order valence-corrected chi connectivity index (χ0v) is 8.78. The fraction of sp³-hybridized carbons (Fsp3) is 0.778. The van der Waals surface area contributed by atoms with Crippen LogP contribution in [0.5, 0.6) is 0 Å². The normalized spacial score (nSPS) is 25.3. The van der Waals surface area contributed by atoms with Crippen LogP contribution in [0.2, 0.25) is 0 Å². The third kappa shape index (κ3) is 3.09. The molecule has 1 saturated heterocycles. The van der Waals surface area contributed by atoms with Crippen LogP contribution in [-0.2, 0) is 23.7 Å². The number of carbonyl (C=O) groups is 2. The summed E-state index contributed by atoms with van der Waals surface area (Å²) in [7, 11) is 1.50. The molecule has 15 heavy (non-hydrogen) atoms. The van der Waals surface area contributed by atoms with Crippen molar-refractivity contribution < 1.29 is 28.5 Å². The van der Waals surface area contributed by atoms with Crippen molar-refractivity contribution in [2.24, 2.45) is 0 Å². The first-order chi connectivity index (χ1) is 7.08. The van der Waals surface area contributed by atoms with E-state index in [9.17, 15) is 9.59 Å². The minimum absolute atomic E-state index is 0.142. The summed E-state index contributed by atoms with van der Waals surface area (Å²) in [5, 5.41) is 0. The van der Waals surface area contributed by atoms with Crippen LogP contribution < -0.4 is 0 Å². The molecule has 0 aromatic heterocycles. The number of rotatable bonds is 4. The maximum Gasteiger partial charge on any atom is 0.509 e. The molecule has 0 spiro atoms. The smallest absolute Gasteiger partial charge is 0.460 e. The number of cyclic esters (lactones) is 2. The summed E-state index contributed by atoms with van der Waals surface area (Å²) in [5.41, 5.74) is -1.23. The van der Waals surface area contributed by atoms with Gasteiger partial charge in [-0.25, -0.2) is 9.59 Å². The molecule has 0 aromatic carbocycles. The molecule has 1 aliphatic rings. The van der Waals surface area contributed by atoms with Crippen LogP contribution in [0, 0.1) is 0 Å². The molecule has 86 valence electrons. The van der Waals surface area contributed by atoms with Crippen molar-refractivity contribution >= 4 is 12.1 Å². The van der Waals surface area contributed by atoms with Crippen LogP contribution in [0.15, 0.2) is 0 Å². The van der Waals surface area contributed by atoms with Gasteiger partial charge in [0, 0.05) is 13.5 Å². The van der Waals surface area contributed by atoms with Crippen LogP contribution >= 0.6 is 0 Å². The molecule has 1 heterocycles. The fourth-order valence-corrected chi connectivity index (χ4v) is 1.11. The second-order valence-corrected chi connectivity index (χ2v) is 3.31. The van der Waals surface area contributed by atoms with E-state index in [4.69, 9.17) is 14.2 Å². The van der Waals surface area contributed by atoms with Crippen molar-refractivity contribution in [3.05, 3.63) is 0 Å². The van der Waals surface area contributed by atoms with Crippen molar-refractivity contribution in [2.45, 2.75) is 18.9 Å². The highest BCUT2D eigenvalue weighted by molar-refractivity contribution is 5.82. The van der Waals surface area contributed by atoms with E-state index < -0.39 is 17.7 Å². The number of esters is 1. The maximum atomic E-state index is 11.5. The molecule has 6 nitrogen and oxygen atoms in total. The van der Waals surface area contributed by atoms with Gasteiger partial charge in [0.2, 0.25) is 5.60 Å². The number of ether oxygens (including phenoxy) is 4. The summed E-state index contributed by atoms with van der Waals surface area (Å²) in [4.78, 5) is 22.4. The molecule has 1 fully saturated rings. The molecule has 6 heteroatoms. The lowest BCUT2D eigenvalue weighted by Crippen LogP contribution is -2.46. The molecule has 0 aromatic rings. The Morgan fingerprint density at radius 1 is 1.53 bits per heavy atom. The van der Waals surface area contributed by atoms with Crippen molar-refractivity contribution in [1.82, 2.24) is 0 Å². The molecular formula is C9H14O6. The number of hydrogen-bond donors (Lipinski definition) is 0. The Balaban J connectivity index is 2.45. The topological polar surface area (TPSA) is 71.1 Å². The van der Waals surface area contributed by atoms with Gasteiger partial charge in [-0.2, -0.15) is 0 Å². The Labute approximate surface area is 87.4 Å². The Morgan fingerprint density at radius 2 is 2.27 bits per heavy atom. The monoisotopic (exact) mass is 218 g/mol. The van der Waals surface area contributed by atoms with E-state index in [1.165, 1.54) is 14.0 Å². The van der Waals surface area contributed by atoms with Crippen molar-refractivity contribution in [3.8, 4) is 0 Å². The third-order valence-corrected chi connectivity index (χ3v) is 2.06. The molecule has 0 aliphatic carbocycles. The Morgan fingerprint density at radius 3 is 2.87 bits per heavy atom. The second kappa shape index (κ2) is 4.97. The van der Waals surface area contributed by atoms with Crippen LogP contribution in [0.3, 0.4) is 0 Å². The summed E-state index contributed by atoms with van der Waals surface area (Å²) in [6.07, 6.45) is -0.544. The Kier molecular flexibility index (Phi) is 3.90. The standard InChI is InChI=1S/C9H14O6/c1-9(3-4-14-8(11)15-9)7(10)13-6-5-12-2/h3-6H2,1-2H3. The van der Waals surface area contributed by atoms with Gasteiger partial charge in [-0.3, -0.25) is 0 Å². The molecule has 0 N–H and O–H groups in total. The molecule has 0 saturated carbocycles. The van der Waals surface area contributed by atoms with E-state index in [0.29, 0.717) is 13.0 Å². The van der Waals surface area contributed by atoms with Crippen LogP contribution in [0.25, 0.3) is 0 Å². The first-order valence-electron chi connectivity index (χ1n) is 4.60. The zero-order valence-electron chi connectivity index (χ0n) is 8.78. The third-order valence-electron chi connectivity index (χ3n) is 2.06. The highest BCUT2D eigenvalue weighted by Crippen LogP contribution is 2.22. The lowest BCUT2D eigenvalue weighted by molar-refractivity contribution is -0.174. The van der Waals surface area contributed by atoms with Gasteiger partial charge in [0.15, 0.2) is 0 Å². The maximum absolute atomic E-state index is 11.5. The van der Waals surface area contributed by atoms with Crippen molar-refractivity contribution in [1.29, 1.82) is 0 Å². The van der Waals surface area contributed by atoms with E-state index in [2.05, 4.69) is 4.74 Å². The predicted octanol–water partition coefficient (Wildman–Crippen LogP) is 0.492. The van der Waals surface area contributed by atoms with E-state index in [1.54, 1.807) is 0 Å². The van der Waals surface area contributed by atoms with Crippen LogP contribution in [0.1, 0.15) is 13.3 Å². The minimum Gasteiger partial charge on any atom is -0.460 e. The second-order valence-electron chi connectivity index (χ2n) is 3.31. The van der Waals surface area contributed by atoms with Gasteiger partial charge in [0.05, 0.1) is 13.2 Å². The van der Waals surface area contributed by atoms with Crippen molar-refractivity contribution in [2.75, 3.05) is 26.9 Å². The average Bonchev–Trinajstić information content (AvgIpc) is 2.17. The number of hydrogen-bond acceptors (Lipinski definition) is 6. The van der Waals surface area contributed by atoms with Gasteiger partial charge in [-0.15, -0.1) is 0 Å². The highest BCUT2D eigenvalue weighted by atomic mass is 16.7. The van der Waals surface area contributed by atoms with E-state index in [1.807, 2.05) is 0 Å².